The lowest BCUT2D eigenvalue weighted by Gasteiger charge is -2.23. The summed E-state index contributed by atoms with van der Waals surface area (Å²) in [6.45, 7) is 2.06. The van der Waals surface area contributed by atoms with E-state index in [2.05, 4.69) is 0 Å². The van der Waals surface area contributed by atoms with Gasteiger partial charge in [0.25, 0.3) is 0 Å². The van der Waals surface area contributed by atoms with Gasteiger partial charge in [-0.1, -0.05) is 0 Å². The van der Waals surface area contributed by atoms with Gasteiger partial charge >= 0.3 is 0 Å². The van der Waals surface area contributed by atoms with Gasteiger partial charge in [-0.2, -0.15) is 0 Å². The van der Waals surface area contributed by atoms with Crippen LogP contribution >= 0.6 is 0 Å². The third-order valence-corrected chi connectivity index (χ3v) is 3.12. The monoisotopic (exact) mass is 346 g/mol. The quantitative estimate of drug-likeness (QED) is 0.534. The Kier molecular flexibility index (Phi) is 9.24. The van der Waals surface area contributed by atoms with E-state index in [1.807, 2.05) is 6.92 Å². The molecule has 0 saturated carbocycles. The molecule has 1 atom stereocenters. The highest BCUT2D eigenvalue weighted by Gasteiger charge is 2.27. The minimum absolute atomic E-state index is 0.0434. The van der Waals surface area contributed by atoms with Crippen LogP contribution in [0.3, 0.4) is 0 Å². The Bertz CT molecular complexity index is 491. The van der Waals surface area contributed by atoms with Crippen LogP contribution in [-0.2, 0) is 18.9 Å². The van der Waals surface area contributed by atoms with Crippen molar-refractivity contribution in [2.75, 3.05) is 55.9 Å². The standard InChI is InChI=1S/C16H26O8/c1-11(22-8-17-2)14-15(21-6)13(23-9-18-3)7-12(20-5)16(14)24-10-19-4/h7,11H,8-10H2,1-6H3. The summed E-state index contributed by atoms with van der Waals surface area (Å²) >= 11 is 0. The predicted molar refractivity (Wildman–Crippen MR) is 85.9 cm³/mol. The lowest BCUT2D eigenvalue weighted by Crippen LogP contribution is -2.12. The highest BCUT2D eigenvalue weighted by molar-refractivity contribution is 5.62. The van der Waals surface area contributed by atoms with Gasteiger partial charge in [-0.15, -0.1) is 0 Å². The van der Waals surface area contributed by atoms with E-state index in [1.54, 1.807) is 13.2 Å². The molecule has 0 aliphatic rings. The first kappa shape index (κ1) is 20.3. The predicted octanol–water partition coefficient (Wildman–Crippen LogP) is 2.35. The fourth-order valence-corrected chi connectivity index (χ4v) is 2.10. The first-order valence-electron chi connectivity index (χ1n) is 7.27. The Hall–Kier alpha value is -1.74. The number of hydrogen-bond acceptors (Lipinski definition) is 8. The Morgan fingerprint density at radius 2 is 1.38 bits per heavy atom. The molecule has 0 aliphatic heterocycles. The molecule has 138 valence electrons. The normalized spacial score (nSPS) is 11.9. The number of benzene rings is 1. The molecule has 1 rings (SSSR count). The van der Waals surface area contributed by atoms with Crippen LogP contribution in [0.15, 0.2) is 6.07 Å². The summed E-state index contributed by atoms with van der Waals surface area (Å²) < 4.78 is 42.7. The van der Waals surface area contributed by atoms with Gasteiger partial charge in [0.15, 0.2) is 36.6 Å². The molecule has 0 saturated heterocycles. The maximum absolute atomic E-state index is 5.68. The van der Waals surface area contributed by atoms with E-state index in [4.69, 9.17) is 37.9 Å². The molecule has 0 aromatic heterocycles. The highest BCUT2D eigenvalue weighted by atomic mass is 16.7. The van der Waals surface area contributed by atoms with Gasteiger partial charge in [-0.25, -0.2) is 0 Å². The summed E-state index contributed by atoms with van der Waals surface area (Å²) in [7, 11) is 7.68. The van der Waals surface area contributed by atoms with Crippen LogP contribution in [0.4, 0.5) is 0 Å². The second kappa shape index (κ2) is 10.9. The van der Waals surface area contributed by atoms with Crippen LogP contribution in [0.1, 0.15) is 18.6 Å². The number of methoxy groups -OCH3 is 5. The molecule has 8 heteroatoms. The molecule has 0 amide bonds. The maximum Gasteiger partial charge on any atom is 0.188 e. The zero-order valence-electron chi connectivity index (χ0n) is 15.0. The van der Waals surface area contributed by atoms with Gasteiger partial charge in [0.1, 0.15) is 6.79 Å². The summed E-state index contributed by atoms with van der Waals surface area (Å²) in [6.07, 6.45) is -0.410. The molecule has 1 aromatic carbocycles. The zero-order valence-corrected chi connectivity index (χ0v) is 15.0. The fraction of sp³-hybridized carbons (Fsp3) is 0.625. The second-order valence-corrected chi connectivity index (χ2v) is 4.67. The summed E-state index contributed by atoms with van der Waals surface area (Å²) in [5, 5.41) is 0. The van der Waals surface area contributed by atoms with Gasteiger partial charge in [0, 0.05) is 27.4 Å². The average molecular weight is 346 g/mol. The van der Waals surface area contributed by atoms with Crippen molar-refractivity contribution in [2.24, 2.45) is 0 Å². The first-order chi connectivity index (χ1) is 11.6. The van der Waals surface area contributed by atoms with E-state index in [-0.39, 0.29) is 20.4 Å². The van der Waals surface area contributed by atoms with Crippen molar-refractivity contribution in [3.05, 3.63) is 11.6 Å². The Balaban J connectivity index is 3.41. The Labute approximate surface area is 142 Å². The number of hydrogen-bond donors (Lipinski definition) is 0. The van der Waals surface area contributed by atoms with Crippen LogP contribution in [0.25, 0.3) is 0 Å². The van der Waals surface area contributed by atoms with Crippen LogP contribution in [0, 0.1) is 0 Å². The van der Waals surface area contributed by atoms with Crippen LogP contribution in [-0.4, -0.2) is 55.9 Å². The van der Waals surface area contributed by atoms with Gasteiger partial charge in [0.05, 0.1) is 25.9 Å². The van der Waals surface area contributed by atoms with Crippen LogP contribution < -0.4 is 18.9 Å². The maximum atomic E-state index is 5.68. The number of rotatable bonds is 12. The molecule has 1 aromatic rings. The molecule has 0 heterocycles. The fourth-order valence-electron chi connectivity index (χ4n) is 2.10. The summed E-state index contributed by atoms with van der Waals surface area (Å²) in [6, 6.07) is 1.66. The smallest absolute Gasteiger partial charge is 0.188 e. The van der Waals surface area contributed by atoms with E-state index in [0.717, 1.165) is 0 Å². The minimum Gasteiger partial charge on any atom is -0.493 e. The van der Waals surface area contributed by atoms with Crippen molar-refractivity contribution >= 4 is 0 Å². The summed E-state index contributed by atoms with van der Waals surface area (Å²) in [4.78, 5) is 0. The molecular weight excluding hydrogens is 320 g/mol. The minimum atomic E-state index is -0.410. The molecule has 0 radical (unpaired) electrons. The molecule has 0 spiro atoms. The molecule has 24 heavy (non-hydrogen) atoms. The summed E-state index contributed by atoms with van der Waals surface area (Å²) in [5.74, 6) is 1.82. The van der Waals surface area contributed by atoms with Gasteiger partial charge < -0.3 is 37.9 Å². The lowest BCUT2D eigenvalue weighted by molar-refractivity contribution is -0.0687. The second-order valence-electron chi connectivity index (χ2n) is 4.67. The Morgan fingerprint density at radius 1 is 0.750 bits per heavy atom. The van der Waals surface area contributed by atoms with Crippen molar-refractivity contribution < 1.29 is 37.9 Å². The topological polar surface area (TPSA) is 73.8 Å². The SMILES string of the molecule is COCOc1cc(OC)c(OCOC)c(C(C)OCOC)c1OC. The molecule has 8 nitrogen and oxygen atoms in total. The molecular formula is C16H26O8. The van der Waals surface area contributed by atoms with E-state index < -0.39 is 6.10 Å². The first-order valence-corrected chi connectivity index (χ1v) is 7.27. The van der Waals surface area contributed by atoms with E-state index in [1.165, 1.54) is 28.4 Å². The molecule has 0 aliphatic carbocycles. The van der Waals surface area contributed by atoms with Crippen molar-refractivity contribution in [3.63, 3.8) is 0 Å². The average Bonchev–Trinajstić information content (AvgIpc) is 2.61. The molecule has 0 fully saturated rings. The largest absolute Gasteiger partial charge is 0.493 e. The zero-order chi connectivity index (χ0) is 17.9. The molecule has 0 bridgehead atoms. The van der Waals surface area contributed by atoms with Crippen molar-refractivity contribution in [2.45, 2.75) is 13.0 Å². The van der Waals surface area contributed by atoms with Gasteiger partial charge in [-0.05, 0) is 6.92 Å². The van der Waals surface area contributed by atoms with Gasteiger partial charge in [-0.3, -0.25) is 0 Å². The molecule has 0 N–H and O–H groups in total. The van der Waals surface area contributed by atoms with E-state index >= 15 is 0 Å². The third-order valence-electron chi connectivity index (χ3n) is 3.12. The van der Waals surface area contributed by atoms with Crippen molar-refractivity contribution in [3.8, 4) is 23.0 Å². The van der Waals surface area contributed by atoms with E-state index in [9.17, 15) is 0 Å². The van der Waals surface area contributed by atoms with Crippen LogP contribution in [0.2, 0.25) is 0 Å². The van der Waals surface area contributed by atoms with E-state index in [0.29, 0.717) is 28.6 Å². The Morgan fingerprint density at radius 3 is 1.92 bits per heavy atom. The van der Waals surface area contributed by atoms with Gasteiger partial charge in [0.2, 0.25) is 0 Å². The van der Waals surface area contributed by atoms with Crippen LogP contribution in [0.5, 0.6) is 23.0 Å². The lowest BCUT2D eigenvalue weighted by atomic mass is 10.1. The molecule has 1 unspecified atom stereocenters. The highest BCUT2D eigenvalue weighted by Crippen LogP contribution is 2.48. The third kappa shape index (κ3) is 5.13. The van der Waals surface area contributed by atoms with Crippen molar-refractivity contribution in [1.29, 1.82) is 0 Å². The number of ether oxygens (including phenoxy) is 8. The summed E-state index contributed by atoms with van der Waals surface area (Å²) in [5.41, 5.74) is 0.622. The van der Waals surface area contributed by atoms with Crippen molar-refractivity contribution in [1.82, 2.24) is 0 Å².